The molecule has 3 aromatic rings. The van der Waals surface area contributed by atoms with Crippen LogP contribution in [-0.4, -0.2) is 20.5 Å². The van der Waals surface area contributed by atoms with E-state index in [-0.39, 0.29) is 16.3 Å². The molecule has 0 heterocycles. The van der Waals surface area contributed by atoms with Gasteiger partial charge in [-0.05, 0) is 66.2 Å². The van der Waals surface area contributed by atoms with Gasteiger partial charge in [0.1, 0.15) is 5.82 Å². The Hall–Kier alpha value is -3.23. The van der Waals surface area contributed by atoms with Gasteiger partial charge in [-0.2, -0.15) is 5.10 Å². The van der Waals surface area contributed by atoms with E-state index in [1.54, 1.807) is 0 Å². The number of carbonyl (C=O) groups excluding carboxylic acids is 1. The van der Waals surface area contributed by atoms with Gasteiger partial charge in [0, 0.05) is 16.3 Å². The van der Waals surface area contributed by atoms with Crippen LogP contribution in [0.1, 0.15) is 15.9 Å². The summed E-state index contributed by atoms with van der Waals surface area (Å²) in [5.74, 6) is -0.839. The van der Waals surface area contributed by atoms with Gasteiger partial charge in [0.05, 0.1) is 11.1 Å². The average molecular weight is 432 g/mol. The molecule has 29 heavy (non-hydrogen) atoms. The van der Waals surface area contributed by atoms with Crippen LogP contribution in [0.15, 0.2) is 82.8 Å². The van der Waals surface area contributed by atoms with Crippen molar-refractivity contribution < 1.29 is 17.6 Å². The maximum absolute atomic E-state index is 12.8. The molecule has 0 unspecified atom stereocenters. The molecular formula is C20H15ClFN3O3S. The number of nitrogens with one attached hydrogen (secondary N) is 2. The van der Waals surface area contributed by atoms with Crippen molar-refractivity contribution in [2.45, 2.75) is 4.90 Å². The molecule has 1 amide bonds. The highest BCUT2D eigenvalue weighted by Gasteiger charge is 2.14. The summed E-state index contributed by atoms with van der Waals surface area (Å²) in [5.41, 5.74) is 3.56. The number of sulfonamides is 1. The van der Waals surface area contributed by atoms with Crippen molar-refractivity contribution in [3.63, 3.8) is 0 Å². The molecule has 0 aliphatic carbocycles. The monoisotopic (exact) mass is 431 g/mol. The molecule has 0 saturated carbocycles. The van der Waals surface area contributed by atoms with Crippen molar-refractivity contribution in [1.29, 1.82) is 0 Å². The normalized spacial score (nSPS) is 11.4. The predicted octanol–water partition coefficient (Wildman–Crippen LogP) is 4.04. The van der Waals surface area contributed by atoms with Gasteiger partial charge in [-0.15, -0.1) is 0 Å². The van der Waals surface area contributed by atoms with Crippen molar-refractivity contribution in [3.05, 3.63) is 94.8 Å². The first kappa shape index (κ1) is 20.5. The Balaban J connectivity index is 1.62. The van der Waals surface area contributed by atoms with Crippen molar-refractivity contribution in [2.24, 2.45) is 5.10 Å². The minimum Gasteiger partial charge on any atom is -0.280 e. The van der Waals surface area contributed by atoms with Gasteiger partial charge in [-0.3, -0.25) is 9.52 Å². The summed E-state index contributed by atoms with van der Waals surface area (Å²) in [6.07, 6.45) is 1.38. The molecule has 3 rings (SSSR count). The van der Waals surface area contributed by atoms with Crippen LogP contribution in [0.5, 0.6) is 0 Å². The van der Waals surface area contributed by atoms with Crippen molar-refractivity contribution in [1.82, 2.24) is 5.43 Å². The first-order chi connectivity index (χ1) is 13.8. The van der Waals surface area contributed by atoms with Crippen LogP contribution in [0.4, 0.5) is 10.1 Å². The van der Waals surface area contributed by atoms with E-state index >= 15 is 0 Å². The SMILES string of the molecule is O=C(NN=Cc1ccc(F)cc1)c1ccc(NS(=O)(=O)c2ccc(Cl)cc2)cc1. The summed E-state index contributed by atoms with van der Waals surface area (Å²) >= 11 is 5.77. The van der Waals surface area contributed by atoms with E-state index in [2.05, 4.69) is 15.2 Å². The van der Waals surface area contributed by atoms with E-state index < -0.39 is 15.9 Å². The van der Waals surface area contributed by atoms with Crippen molar-refractivity contribution in [2.75, 3.05) is 4.72 Å². The van der Waals surface area contributed by atoms with E-state index in [9.17, 15) is 17.6 Å². The molecule has 0 spiro atoms. The molecule has 0 atom stereocenters. The molecular weight excluding hydrogens is 417 g/mol. The summed E-state index contributed by atoms with van der Waals surface area (Å²) in [6.45, 7) is 0. The maximum atomic E-state index is 12.8. The van der Waals surface area contributed by atoms with Gasteiger partial charge in [-0.25, -0.2) is 18.2 Å². The molecule has 0 bridgehead atoms. The quantitative estimate of drug-likeness (QED) is 0.456. The van der Waals surface area contributed by atoms with Crippen molar-refractivity contribution >= 4 is 39.4 Å². The third kappa shape index (κ3) is 5.63. The van der Waals surface area contributed by atoms with E-state index in [1.807, 2.05) is 0 Å². The van der Waals surface area contributed by atoms with Crippen LogP contribution in [0.2, 0.25) is 5.02 Å². The standard InChI is InChI=1S/C20H15ClFN3O3S/c21-16-5-11-19(12-6-16)29(27,28)25-18-9-3-15(4-10-18)20(26)24-23-13-14-1-7-17(22)8-2-14/h1-13,25H,(H,24,26). The number of hydrazone groups is 1. The Morgan fingerprint density at radius 2 is 1.55 bits per heavy atom. The number of carbonyl (C=O) groups is 1. The zero-order valence-corrected chi connectivity index (χ0v) is 16.4. The second kappa shape index (κ2) is 8.85. The highest BCUT2D eigenvalue weighted by atomic mass is 35.5. The van der Waals surface area contributed by atoms with Crippen molar-refractivity contribution in [3.8, 4) is 0 Å². The van der Waals surface area contributed by atoms with E-state index in [0.29, 0.717) is 16.3 Å². The lowest BCUT2D eigenvalue weighted by Crippen LogP contribution is -2.18. The Labute approximate surface area is 172 Å². The second-order valence-electron chi connectivity index (χ2n) is 5.89. The molecule has 0 saturated heterocycles. The number of halogens is 2. The Morgan fingerprint density at radius 3 is 2.17 bits per heavy atom. The minimum atomic E-state index is -3.77. The highest BCUT2D eigenvalue weighted by Crippen LogP contribution is 2.18. The lowest BCUT2D eigenvalue weighted by Gasteiger charge is -2.08. The average Bonchev–Trinajstić information content (AvgIpc) is 2.70. The zero-order chi connectivity index (χ0) is 20.9. The van der Waals surface area contributed by atoms with Gasteiger partial charge < -0.3 is 0 Å². The van der Waals surface area contributed by atoms with Gasteiger partial charge in [0.15, 0.2) is 0 Å². The Bertz CT molecular complexity index is 1130. The molecule has 0 fully saturated rings. The number of hydrogen-bond acceptors (Lipinski definition) is 4. The summed E-state index contributed by atoms with van der Waals surface area (Å²) < 4.78 is 40.0. The van der Waals surface area contributed by atoms with E-state index in [1.165, 1.54) is 79.0 Å². The van der Waals surface area contributed by atoms with Gasteiger partial charge in [0.25, 0.3) is 15.9 Å². The topological polar surface area (TPSA) is 87.6 Å². The Kier molecular flexibility index (Phi) is 6.26. The summed E-state index contributed by atoms with van der Waals surface area (Å²) in [4.78, 5) is 12.2. The number of nitrogens with zero attached hydrogens (tertiary/aromatic N) is 1. The van der Waals surface area contributed by atoms with Gasteiger partial charge in [-0.1, -0.05) is 23.7 Å². The fourth-order valence-electron chi connectivity index (χ4n) is 2.30. The molecule has 0 aliphatic heterocycles. The lowest BCUT2D eigenvalue weighted by molar-refractivity contribution is 0.0955. The largest absolute Gasteiger partial charge is 0.280 e. The molecule has 0 aliphatic rings. The molecule has 0 aromatic heterocycles. The van der Waals surface area contributed by atoms with Gasteiger partial charge >= 0.3 is 0 Å². The van der Waals surface area contributed by atoms with Crippen LogP contribution >= 0.6 is 11.6 Å². The first-order valence-corrected chi connectivity index (χ1v) is 10.2. The van der Waals surface area contributed by atoms with Crippen LogP contribution in [0.3, 0.4) is 0 Å². The third-order valence-corrected chi connectivity index (χ3v) is 5.42. The first-order valence-electron chi connectivity index (χ1n) is 8.31. The smallest absolute Gasteiger partial charge is 0.271 e. The van der Waals surface area contributed by atoms with Crippen LogP contribution < -0.4 is 10.1 Å². The second-order valence-corrected chi connectivity index (χ2v) is 8.01. The van der Waals surface area contributed by atoms with E-state index in [4.69, 9.17) is 11.6 Å². The molecule has 0 radical (unpaired) electrons. The Morgan fingerprint density at radius 1 is 0.931 bits per heavy atom. The van der Waals surface area contributed by atoms with Gasteiger partial charge in [0.2, 0.25) is 0 Å². The number of benzene rings is 3. The number of amides is 1. The molecule has 3 aromatic carbocycles. The highest BCUT2D eigenvalue weighted by molar-refractivity contribution is 7.92. The predicted molar refractivity (Wildman–Crippen MR) is 110 cm³/mol. The van der Waals surface area contributed by atoms with E-state index in [0.717, 1.165) is 0 Å². The fourth-order valence-corrected chi connectivity index (χ4v) is 3.48. The number of anilines is 1. The summed E-state index contributed by atoms with van der Waals surface area (Å²) in [6, 6.07) is 17.2. The lowest BCUT2D eigenvalue weighted by atomic mass is 10.2. The maximum Gasteiger partial charge on any atom is 0.271 e. The molecule has 2 N–H and O–H groups in total. The zero-order valence-electron chi connectivity index (χ0n) is 14.8. The number of rotatable bonds is 6. The fraction of sp³-hybridized carbons (Fsp3) is 0. The third-order valence-electron chi connectivity index (χ3n) is 3.77. The minimum absolute atomic E-state index is 0.0684. The molecule has 6 nitrogen and oxygen atoms in total. The number of hydrogen-bond donors (Lipinski definition) is 2. The van der Waals surface area contributed by atoms with Crippen LogP contribution in [0, 0.1) is 5.82 Å². The summed E-state index contributed by atoms with van der Waals surface area (Å²) in [5, 5.41) is 4.24. The molecule has 148 valence electrons. The van der Waals surface area contributed by atoms with Crippen LogP contribution in [-0.2, 0) is 10.0 Å². The molecule has 9 heteroatoms. The summed E-state index contributed by atoms with van der Waals surface area (Å²) in [7, 11) is -3.77. The van der Waals surface area contributed by atoms with Crippen LogP contribution in [0.25, 0.3) is 0 Å².